The molecule has 3 aromatic rings. The van der Waals surface area contributed by atoms with Gasteiger partial charge in [0.2, 0.25) is 0 Å². The average molecular weight is 427 g/mol. The summed E-state index contributed by atoms with van der Waals surface area (Å²) in [5, 5.41) is 0. The molecule has 0 saturated heterocycles. The lowest BCUT2D eigenvalue weighted by atomic mass is 9.87. The fourth-order valence-corrected chi connectivity index (χ4v) is 3.86. The van der Waals surface area contributed by atoms with Crippen LogP contribution in [0.25, 0.3) is 0 Å². The van der Waals surface area contributed by atoms with Gasteiger partial charge in [-0.15, -0.1) is 0 Å². The van der Waals surface area contributed by atoms with Gasteiger partial charge >= 0.3 is 6.18 Å². The van der Waals surface area contributed by atoms with Crippen molar-refractivity contribution in [2.75, 3.05) is 0 Å². The first-order valence-electron chi connectivity index (χ1n) is 9.66. The highest BCUT2D eigenvalue weighted by Crippen LogP contribution is 2.34. The van der Waals surface area contributed by atoms with Gasteiger partial charge in [0.1, 0.15) is 11.6 Å². The zero-order chi connectivity index (χ0) is 22.2. The van der Waals surface area contributed by atoms with E-state index in [1.165, 1.54) is 30.5 Å². The third-order valence-corrected chi connectivity index (χ3v) is 5.45. The molecule has 2 aromatic carbocycles. The van der Waals surface area contributed by atoms with E-state index in [4.69, 9.17) is 0 Å². The van der Waals surface area contributed by atoms with Crippen molar-refractivity contribution in [3.8, 4) is 0 Å². The summed E-state index contributed by atoms with van der Waals surface area (Å²) >= 11 is 0. The number of carbonyl (C=O) groups excluding carboxylic acids is 2. The largest absolute Gasteiger partial charge is 0.416 e. The van der Waals surface area contributed by atoms with Gasteiger partial charge in [-0.3, -0.25) is 14.6 Å². The Morgan fingerprint density at radius 3 is 2.39 bits per heavy atom. The maximum Gasteiger partial charge on any atom is 0.416 e. The maximum absolute atomic E-state index is 14.5. The van der Waals surface area contributed by atoms with Gasteiger partial charge in [-0.05, 0) is 47.0 Å². The summed E-state index contributed by atoms with van der Waals surface area (Å²) in [6.07, 6.45) is -2.68. The molecular weight excluding hydrogens is 410 g/mol. The number of rotatable bonds is 5. The van der Waals surface area contributed by atoms with E-state index in [9.17, 15) is 27.2 Å². The van der Waals surface area contributed by atoms with Crippen molar-refractivity contribution in [1.82, 2.24) is 4.98 Å². The molecule has 0 unspecified atom stereocenters. The molecule has 0 radical (unpaired) electrons. The van der Waals surface area contributed by atoms with E-state index in [2.05, 4.69) is 4.98 Å². The van der Waals surface area contributed by atoms with Gasteiger partial charge in [0.25, 0.3) is 0 Å². The maximum atomic E-state index is 14.5. The van der Waals surface area contributed by atoms with Gasteiger partial charge in [0.15, 0.2) is 5.78 Å². The monoisotopic (exact) mass is 427 g/mol. The number of halogens is 4. The molecule has 4 rings (SSSR count). The lowest BCUT2D eigenvalue weighted by Crippen LogP contribution is -2.13. The predicted molar refractivity (Wildman–Crippen MR) is 105 cm³/mol. The molecule has 3 nitrogen and oxygen atoms in total. The first kappa shape index (κ1) is 20.9. The second-order valence-electron chi connectivity index (χ2n) is 7.55. The first-order chi connectivity index (χ1) is 14.7. The van der Waals surface area contributed by atoms with Crippen molar-refractivity contribution in [3.63, 3.8) is 0 Å². The van der Waals surface area contributed by atoms with Gasteiger partial charge < -0.3 is 0 Å². The summed E-state index contributed by atoms with van der Waals surface area (Å²) in [7, 11) is 0. The SMILES string of the molecule is O=C1Cc2ccc(C(=O)C[C@@H](c3ccc(C(F)(F)F)cc3)c3ncccc3F)cc2C1. The van der Waals surface area contributed by atoms with E-state index in [-0.39, 0.29) is 30.1 Å². The first-order valence-corrected chi connectivity index (χ1v) is 9.66. The number of benzene rings is 2. The van der Waals surface area contributed by atoms with E-state index >= 15 is 0 Å². The molecule has 0 fully saturated rings. The minimum atomic E-state index is -4.50. The molecule has 1 aliphatic rings. The molecule has 1 aromatic heterocycles. The van der Waals surface area contributed by atoms with Crippen LogP contribution < -0.4 is 0 Å². The van der Waals surface area contributed by atoms with Crippen molar-refractivity contribution in [3.05, 3.63) is 100 Å². The predicted octanol–water partition coefficient (Wildman–Crippen LogP) is 5.31. The Hall–Kier alpha value is -3.35. The Morgan fingerprint density at radius 2 is 1.71 bits per heavy atom. The Labute approximate surface area is 175 Å². The average Bonchev–Trinajstić information content (AvgIpc) is 3.11. The second kappa shape index (κ2) is 8.06. The minimum absolute atomic E-state index is 0.00746. The topological polar surface area (TPSA) is 47.0 Å². The van der Waals surface area contributed by atoms with Crippen LogP contribution in [-0.4, -0.2) is 16.6 Å². The number of ketones is 2. The van der Waals surface area contributed by atoms with E-state index in [0.29, 0.717) is 17.5 Å². The van der Waals surface area contributed by atoms with Crippen LogP contribution in [0.4, 0.5) is 17.6 Å². The molecule has 7 heteroatoms. The quantitative estimate of drug-likeness (QED) is 0.409. The molecule has 1 heterocycles. The van der Waals surface area contributed by atoms with Gasteiger partial charge in [0, 0.05) is 36.9 Å². The molecule has 1 atom stereocenters. The molecule has 0 spiro atoms. The standard InChI is InChI=1S/C24H17F4NO2/c25-21-2-1-9-29-23(21)20(14-5-7-18(8-6-14)24(26,27)28)13-22(31)16-4-3-15-11-19(30)12-17(15)10-16/h1-10,20H,11-13H2/t20-/m0/s1. The minimum Gasteiger partial charge on any atom is -0.299 e. The van der Waals surface area contributed by atoms with Crippen molar-refractivity contribution in [2.45, 2.75) is 31.4 Å². The van der Waals surface area contributed by atoms with Crippen molar-refractivity contribution < 1.29 is 27.2 Å². The number of aromatic nitrogens is 1. The third-order valence-electron chi connectivity index (χ3n) is 5.45. The smallest absolute Gasteiger partial charge is 0.299 e. The van der Waals surface area contributed by atoms with Crippen LogP contribution in [0.1, 0.15) is 50.6 Å². The van der Waals surface area contributed by atoms with Crippen molar-refractivity contribution in [1.29, 1.82) is 0 Å². The number of Topliss-reactive ketones (excluding diaryl/α,β-unsaturated/α-hetero) is 2. The number of pyridine rings is 1. The molecular formula is C24H17F4NO2. The Kier molecular flexibility index (Phi) is 5.43. The molecule has 31 heavy (non-hydrogen) atoms. The zero-order valence-electron chi connectivity index (χ0n) is 16.2. The van der Waals surface area contributed by atoms with Gasteiger partial charge in [-0.1, -0.05) is 24.3 Å². The number of hydrogen-bond donors (Lipinski definition) is 0. The van der Waals surface area contributed by atoms with Crippen LogP contribution in [0.3, 0.4) is 0 Å². The molecule has 1 aliphatic carbocycles. The van der Waals surface area contributed by atoms with E-state index in [1.807, 2.05) is 0 Å². The van der Waals surface area contributed by atoms with Gasteiger partial charge in [0.05, 0.1) is 11.3 Å². The summed E-state index contributed by atoms with van der Waals surface area (Å²) in [5.74, 6) is -1.72. The second-order valence-corrected chi connectivity index (χ2v) is 7.55. The van der Waals surface area contributed by atoms with E-state index < -0.39 is 23.5 Å². The van der Waals surface area contributed by atoms with Crippen LogP contribution in [-0.2, 0) is 23.8 Å². The molecule has 0 aliphatic heterocycles. The lowest BCUT2D eigenvalue weighted by Gasteiger charge is -2.18. The summed E-state index contributed by atoms with van der Waals surface area (Å²) < 4.78 is 53.3. The molecule has 0 bridgehead atoms. The summed E-state index contributed by atoms with van der Waals surface area (Å²) in [6.45, 7) is 0. The van der Waals surface area contributed by atoms with E-state index in [1.54, 1.807) is 18.2 Å². The zero-order valence-corrected chi connectivity index (χ0v) is 16.2. The molecule has 158 valence electrons. The van der Waals surface area contributed by atoms with Gasteiger partial charge in [-0.25, -0.2) is 4.39 Å². The number of carbonyl (C=O) groups is 2. The highest BCUT2D eigenvalue weighted by molar-refractivity contribution is 5.98. The molecule has 0 amide bonds. The Morgan fingerprint density at radius 1 is 1.00 bits per heavy atom. The van der Waals surface area contributed by atoms with Crippen molar-refractivity contribution >= 4 is 11.6 Å². The summed E-state index contributed by atoms with van der Waals surface area (Å²) in [5.41, 5.74) is 1.58. The number of fused-ring (bicyclic) bond motifs is 1. The number of alkyl halides is 3. The van der Waals surface area contributed by atoms with Crippen molar-refractivity contribution in [2.24, 2.45) is 0 Å². The Balaban J connectivity index is 1.67. The van der Waals surface area contributed by atoms with Crippen LogP contribution in [0.15, 0.2) is 60.8 Å². The fourth-order valence-electron chi connectivity index (χ4n) is 3.86. The lowest BCUT2D eigenvalue weighted by molar-refractivity contribution is -0.137. The fraction of sp³-hybridized carbons (Fsp3) is 0.208. The highest BCUT2D eigenvalue weighted by atomic mass is 19.4. The van der Waals surface area contributed by atoms with Crippen LogP contribution in [0, 0.1) is 5.82 Å². The van der Waals surface area contributed by atoms with Crippen LogP contribution >= 0.6 is 0 Å². The van der Waals surface area contributed by atoms with Gasteiger partial charge in [-0.2, -0.15) is 13.2 Å². The third kappa shape index (κ3) is 4.40. The van der Waals surface area contributed by atoms with Crippen LogP contribution in [0.5, 0.6) is 0 Å². The van der Waals surface area contributed by atoms with E-state index in [0.717, 1.165) is 23.3 Å². The highest BCUT2D eigenvalue weighted by Gasteiger charge is 2.31. The molecule has 0 N–H and O–H groups in total. The summed E-state index contributed by atoms with van der Waals surface area (Å²) in [4.78, 5) is 28.7. The summed E-state index contributed by atoms with van der Waals surface area (Å²) in [6, 6.07) is 11.9. The Bertz CT molecular complexity index is 1150. The normalized spacial score (nSPS) is 14.4. The van der Waals surface area contributed by atoms with Crippen LogP contribution in [0.2, 0.25) is 0 Å². The number of nitrogens with zero attached hydrogens (tertiary/aromatic N) is 1. The molecule has 0 saturated carbocycles. The number of hydrogen-bond acceptors (Lipinski definition) is 3.